The van der Waals surface area contributed by atoms with E-state index in [-0.39, 0.29) is 17.7 Å². The summed E-state index contributed by atoms with van der Waals surface area (Å²) in [4.78, 5) is 0. The van der Waals surface area contributed by atoms with Gasteiger partial charge in [0.2, 0.25) is 0 Å². The molecule has 0 saturated carbocycles. The highest BCUT2D eigenvalue weighted by Crippen LogP contribution is 2.32. The molecule has 2 aromatic carbocycles. The van der Waals surface area contributed by atoms with Gasteiger partial charge in [-0.05, 0) is 11.6 Å². The zero-order chi connectivity index (χ0) is 15.5. The highest BCUT2D eigenvalue weighted by molar-refractivity contribution is 5.22. The molecule has 0 aromatic heterocycles. The van der Waals surface area contributed by atoms with Gasteiger partial charge in [-0.2, -0.15) is 13.2 Å². The summed E-state index contributed by atoms with van der Waals surface area (Å²) in [5, 5.41) is 2.27. The molecule has 0 bridgehead atoms. The Kier molecular flexibility index (Phi) is 4.57. The molecule has 0 aliphatic heterocycles. The van der Waals surface area contributed by atoms with Crippen LogP contribution in [0.1, 0.15) is 17.2 Å². The van der Waals surface area contributed by atoms with Crippen molar-refractivity contribution in [3.8, 4) is 0 Å². The maximum Gasteiger partial charge on any atom is 0.407 e. The third-order valence-electron chi connectivity index (χ3n) is 2.97. The summed E-state index contributed by atoms with van der Waals surface area (Å²) < 4.78 is 65.4. The third-order valence-corrected chi connectivity index (χ3v) is 2.97. The van der Waals surface area contributed by atoms with Crippen LogP contribution in [0.4, 0.5) is 22.0 Å². The first-order valence-electron chi connectivity index (χ1n) is 6.17. The Labute approximate surface area is 118 Å². The Morgan fingerprint density at radius 3 is 2.19 bits per heavy atom. The van der Waals surface area contributed by atoms with Gasteiger partial charge in [-0.1, -0.05) is 36.4 Å². The molecule has 0 aliphatic carbocycles. The fraction of sp³-hybridized carbons (Fsp3) is 0.200. The molecule has 6 heteroatoms. The summed E-state index contributed by atoms with van der Waals surface area (Å²) in [6, 6.07) is 8.13. The average Bonchev–Trinajstić information content (AvgIpc) is 2.41. The number of rotatable bonds is 4. The monoisotopic (exact) mass is 301 g/mol. The van der Waals surface area contributed by atoms with Crippen molar-refractivity contribution < 1.29 is 22.0 Å². The normalized spacial score (nSPS) is 13.2. The molecule has 0 saturated heterocycles. The maximum absolute atomic E-state index is 13.4. The van der Waals surface area contributed by atoms with Crippen LogP contribution in [0.15, 0.2) is 48.5 Å². The quantitative estimate of drug-likeness (QED) is 0.827. The predicted octanol–water partition coefficient (Wildman–Crippen LogP) is 4.36. The van der Waals surface area contributed by atoms with Crippen LogP contribution < -0.4 is 5.32 Å². The van der Waals surface area contributed by atoms with Gasteiger partial charge in [0.25, 0.3) is 0 Å². The first kappa shape index (κ1) is 15.4. The molecule has 112 valence electrons. The second-order valence-corrected chi connectivity index (χ2v) is 4.50. The first-order valence-corrected chi connectivity index (χ1v) is 6.17. The van der Waals surface area contributed by atoms with Crippen LogP contribution in [-0.4, -0.2) is 6.18 Å². The van der Waals surface area contributed by atoms with Crippen LogP contribution in [0.3, 0.4) is 0 Å². The van der Waals surface area contributed by atoms with E-state index in [0.717, 1.165) is 12.1 Å². The van der Waals surface area contributed by atoms with E-state index in [9.17, 15) is 22.0 Å². The van der Waals surface area contributed by atoms with Crippen LogP contribution in [0.5, 0.6) is 0 Å². The van der Waals surface area contributed by atoms with Gasteiger partial charge in [0, 0.05) is 18.2 Å². The summed E-state index contributed by atoms with van der Waals surface area (Å²) in [5.74, 6) is -1.65. The molecule has 0 heterocycles. The molecule has 0 amide bonds. The fourth-order valence-corrected chi connectivity index (χ4v) is 1.95. The number of nitrogens with one attached hydrogen (secondary N) is 1. The van der Waals surface area contributed by atoms with Crippen LogP contribution in [0.25, 0.3) is 0 Å². The van der Waals surface area contributed by atoms with Crippen LogP contribution in [-0.2, 0) is 6.54 Å². The zero-order valence-corrected chi connectivity index (χ0v) is 10.8. The second-order valence-electron chi connectivity index (χ2n) is 4.50. The van der Waals surface area contributed by atoms with Crippen molar-refractivity contribution in [3.05, 3.63) is 71.3 Å². The van der Waals surface area contributed by atoms with Crippen LogP contribution in [0.2, 0.25) is 0 Å². The lowest BCUT2D eigenvalue weighted by Gasteiger charge is -2.22. The number of benzene rings is 2. The number of halogens is 5. The van der Waals surface area contributed by atoms with Gasteiger partial charge in [0.15, 0.2) is 0 Å². The minimum atomic E-state index is -4.52. The number of hydrogen-bond donors (Lipinski definition) is 1. The van der Waals surface area contributed by atoms with Crippen molar-refractivity contribution in [2.45, 2.75) is 18.8 Å². The summed E-state index contributed by atoms with van der Waals surface area (Å²) in [6.07, 6.45) is -4.52. The highest BCUT2D eigenvalue weighted by Gasteiger charge is 2.40. The molecule has 1 N–H and O–H groups in total. The minimum absolute atomic E-state index is 0.0263. The molecule has 21 heavy (non-hydrogen) atoms. The standard InChI is InChI=1S/C15H12F5N/c16-12-7-6-11(13(17)8-12)9-21-14(15(18,19)20)10-4-2-1-3-5-10/h1-8,14,21H,9H2. The van der Waals surface area contributed by atoms with Crippen molar-refractivity contribution in [1.82, 2.24) is 5.32 Å². The Morgan fingerprint density at radius 2 is 1.62 bits per heavy atom. The molecule has 0 fully saturated rings. The van der Waals surface area contributed by atoms with Crippen LogP contribution >= 0.6 is 0 Å². The smallest absolute Gasteiger partial charge is 0.298 e. The van der Waals surface area contributed by atoms with Gasteiger partial charge in [-0.15, -0.1) is 0 Å². The van der Waals surface area contributed by atoms with E-state index in [4.69, 9.17) is 0 Å². The Bertz CT molecular complexity index is 595. The van der Waals surface area contributed by atoms with Crippen LogP contribution in [0, 0.1) is 11.6 Å². The Morgan fingerprint density at radius 1 is 0.952 bits per heavy atom. The maximum atomic E-state index is 13.4. The van der Waals surface area contributed by atoms with Crippen molar-refractivity contribution in [1.29, 1.82) is 0 Å². The molecule has 2 aromatic rings. The molecular formula is C15H12F5N. The van der Waals surface area contributed by atoms with Gasteiger partial charge in [0.1, 0.15) is 17.7 Å². The lowest BCUT2D eigenvalue weighted by Crippen LogP contribution is -2.34. The average molecular weight is 301 g/mol. The van der Waals surface area contributed by atoms with E-state index in [1.165, 1.54) is 24.3 Å². The van der Waals surface area contributed by atoms with E-state index in [0.29, 0.717) is 6.07 Å². The van der Waals surface area contributed by atoms with Gasteiger partial charge in [-0.25, -0.2) is 8.78 Å². The summed E-state index contributed by atoms with van der Waals surface area (Å²) in [6.45, 7) is -0.356. The Balaban J connectivity index is 2.17. The molecule has 1 nitrogen and oxygen atoms in total. The molecule has 2 rings (SSSR count). The van der Waals surface area contributed by atoms with Crippen molar-refractivity contribution >= 4 is 0 Å². The van der Waals surface area contributed by atoms with E-state index >= 15 is 0 Å². The van der Waals surface area contributed by atoms with Crippen molar-refractivity contribution in [3.63, 3.8) is 0 Å². The first-order chi connectivity index (χ1) is 9.88. The van der Waals surface area contributed by atoms with Gasteiger partial charge >= 0.3 is 6.18 Å². The van der Waals surface area contributed by atoms with Gasteiger partial charge in [0.05, 0.1) is 0 Å². The SMILES string of the molecule is Fc1ccc(CNC(c2ccccc2)C(F)(F)F)c(F)c1. The predicted molar refractivity (Wildman–Crippen MR) is 68.4 cm³/mol. The van der Waals surface area contributed by atoms with Crippen molar-refractivity contribution in [2.75, 3.05) is 0 Å². The second kappa shape index (κ2) is 6.22. The topological polar surface area (TPSA) is 12.0 Å². The van der Waals surface area contributed by atoms with E-state index in [2.05, 4.69) is 5.32 Å². The summed E-state index contributed by atoms with van der Waals surface area (Å²) >= 11 is 0. The molecule has 0 aliphatic rings. The van der Waals surface area contributed by atoms with E-state index in [1.54, 1.807) is 6.07 Å². The van der Waals surface area contributed by atoms with Crippen molar-refractivity contribution in [2.24, 2.45) is 0 Å². The lowest BCUT2D eigenvalue weighted by atomic mass is 10.1. The third kappa shape index (κ3) is 4.01. The lowest BCUT2D eigenvalue weighted by molar-refractivity contribution is -0.158. The molecule has 0 spiro atoms. The Hall–Kier alpha value is -1.95. The summed E-state index contributed by atoms with van der Waals surface area (Å²) in [7, 11) is 0. The fourth-order valence-electron chi connectivity index (χ4n) is 1.95. The minimum Gasteiger partial charge on any atom is -0.298 e. The van der Waals surface area contributed by atoms with E-state index in [1.807, 2.05) is 0 Å². The van der Waals surface area contributed by atoms with Gasteiger partial charge in [-0.3, -0.25) is 5.32 Å². The molecule has 1 unspecified atom stereocenters. The number of hydrogen-bond acceptors (Lipinski definition) is 1. The molecule has 0 radical (unpaired) electrons. The zero-order valence-electron chi connectivity index (χ0n) is 10.8. The largest absolute Gasteiger partial charge is 0.407 e. The van der Waals surface area contributed by atoms with Gasteiger partial charge < -0.3 is 0 Å². The number of alkyl halides is 3. The van der Waals surface area contributed by atoms with E-state index < -0.39 is 23.9 Å². The molecular weight excluding hydrogens is 289 g/mol. The summed E-state index contributed by atoms with van der Waals surface area (Å²) in [5.41, 5.74) is 0.00843. The highest BCUT2D eigenvalue weighted by atomic mass is 19.4. The molecule has 1 atom stereocenters.